The van der Waals surface area contributed by atoms with Crippen LogP contribution < -0.4 is 0 Å². The molecule has 4 nitrogen and oxygen atoms in total. The van der Waals surface area contributed by atoms with E-state index >= 15 is 0 Å². The van der Waals surface area contributed by atoms with Gasteiger partial charge in [-0.15, -0.1) is 0 Å². The number of methoxy groups -OCH3 is 1. The SMILES string of the molecule is COC(=O)c1c(CS(=O)c2cccc(Cl)c2)ccc(Br)c1O. The molecule has 2 rings (SSSR count). The number of benzene rings is 2. The third kappa shape index (κ3) is 3.69. The number of halogens is 2. The van der Waals surface area contributed by atoms with Crippen molar-refractivity contribution in [2.75, 3.05) is 7.11 Å². The molecule has 0 radical (unpaired) electrons. The average Bonchev–Trinajstić information content (AvgIpc) is 2.50. The predicted molar refractivity (Wildman–Crippen MR) is 88.7 cm³/mol. The average molecular weight is 404 g/mol. The van der Waals surface area contributed by atoms with Crippen LogP contribution in [0.5, 0.6) is 5.75 Å². The highest BCUT2D eigenvalue weighted by Crippen LogP contribution is 2.32. The van der Waals surface area contributed by atoms with Gasteiger partial charge in [-0.05, 0) is 45.8 Å². The Morgan fingerprint density at radius 3 is 2.73 bits per heavy atom. The lowest BCUT2D eigenvalue weighted by atomic mass is 10.1. The molecule has 0 aliphatic rings. The minimum absolute atomic E-state index is 0.00672. The van der Waals surface area contributed by atoms with Crippen LogP contribution in [-0.4, -0.2) is 22.4 Å². The van der Waals surface area contributed by atoms with E-state index in [1.54, 1.807) is 36.4 Å². The number of rotatable bonds is 4. The number of esters is 1. The molecule has 0 fully saturated rings. The molecule has 0 aliphatic heterocycles. The largest absolute Gasteiger partial charge is 0.506 e. The van der Waals surface area contributed by atoms with Gasteiger partial charge in [0.15, 0.2) is 0 Å². The number of carbonyl (C=O) groups excluding carboxylic acids is 1. The van der Waals surface area contributed by atoms with E-state index in [1.165, 1.54) is 7.11 Å². The Kier molecular flexibility index (Phi) is 5.61. The van der Waals surface area contributed by atoms with Crippen LogP contribution in [0.3, 0.4) is 0 Å². The maximum atomic E-state index is 12.4. The molecule has 1 atom stereocenters. The zero-order valence-corrected chi connectivity index (χ0v) is 14.7. The van der Waals surface area contributed by atoms with Gasteiger partial charge in [0.25, 0.3) is 0 Å². The van der Waals surface area contributed by atoms with Crippen LogP contribution >= 0.6 is 27.5 Å². The van der Waals surface area contributed by atoms with Crippen molar-refractivity contribution in [1.82, 2.24) is 0 Å². The third-order valence-electron chi connectivity index (χ3n) is 2.95. The molecule has 0 heterocycles. The first kappa shape index (κ1) is 17.0. The maximum Gasteiger partial charge on any atom is 0.341 e. The number of aromatic hydroxyl groups is 1. The van der Waals surface area contributed by atoms with E-state index in [9.17, 15) is 14.1 Å². The van der Waals surface area contributed by atoms with E-state index < -0.39 is 16.8 Å². The molecule has 7 heteroatoms. The summed E-state index contributed by atoms with van der Waals surface area (Å²) in [6, 6.07) is 9.90. The molecule has 2 aromatic rings. The first-order valence-electron chi connectivity index (χ1n) is 6.16. The molecule has 0 bridgehead atoms. The zero-order valence-electron chi connectivity index (χ0n) is 11.5. The smallest absolute Gasteiger partial charge is 0.341 e. The molecular formula is C15H12BrClO4S. The van der Waals surface area contributed by atoms with Gasteiger partial charge in [0.2, 0.25) is 0 Å². The van der Waals surface area contributed by atoms with Crippen molar-refractivity contribution in [3.8, 4) is 5.75 Å². The van der Waals surface area contributed by atoms with Gasteiger partial charge < -0.3 is 9.84 Å². The van der Waals surface area contributed by atoms with Crippen LogP contribution in [0.15, 0.2) is 45.8 Å². The second-order valence-corrected chi connectivity index (χ2v) is 7.11. The molecule has 0 amide bonds. The van der Waals surface area contributed by atoms with Gasteiger partial charge in [0.1, 0.15) is 11.3 Å². The Labute approximate surface area is 143 Å². The first-order valence-corrected chi connectivity index (χ1v) is 8.65. The fraction of sp³-hybridized carbons (Fsp3) is 0.133. The topological polar surface area (TPSA) is 63.6 Å². The summed E-state index contributed by atoms with van der Waals surface area (Å²) in [5, 5.41) is 10.5. The Hall–Kier alpha value is -1.37. The van der Waals surface area contributed by atoms with E-state index in [1.807, 2.05) is 0 Å². The van der Waals surface area contributed by atoms with E-state index in [4.69, 9.17) is 11.6 Å². The highest BCUT2D eigenvalue weighted by Gasteiger charge is 2.21. The van der Waals surface area contributed by atoms with Gasteiger partial charge in [-0.25, -0.2) is 4.79 Å². The highest BCUT2D eigenvalue weighted by molar-refractivity contribution is 9.10. The van der Waals surface area contributed by atoms with Gasteiger partial charge in [-0.2, -0.15) is 0 Å². The van der Waals surface area contributed by atoms with Gasteiger partial charge >= 0.3 is 5.97 Å². The Balaban J connectivity index is 2.39. The molecule has 1 N–H and O–H groups in total. The van der Waals surface area contributed by atoms with Crippen LogP contribution in [0.25, 0.3) is 0 Å². The Morgan fingerprint density at radius 1 is 1.36 bits per heavy atom. The van der Waals surface area contributed by atoms with Crippen LogP contribution in [0.1, 0.15) is 15.9 Å². The molecule has 0 aromatic heterocycles. The number of hydrogen-bond donors (Lipinski definition) is 1. The first-order chi connectivity index (χ1) is 10.4. The quantitative estimate of drug-likeness (QED) is 0.786. The standard InChI is InChI=1S/C15H12BrClO4S/c1-21-15(19)13-9(5-6-12(16)14(13)18)8-22(20)11-4-2-3-10(17)7-11/h2-7,18H,8H2,1H3. The lowest BCUT2D eigenvalue weighted by molar-refractivity contribution is 0.0596. The molecule has 116 valence electrons. The molecule has 0 saturated carbocycles. The van der Waals surface area contributed by atoms with Crippen molar-refractivity contribution in [3.05, 3.63) is 57.0 Å². The number of ether oxygens (including phenoxy) is 1. The van der Waals surface area contributed by atoms with Crippen molar-refractivity contribution in [3.63, 3.8) is 0 Å². The lowest BCUT2D eigenvalue weighted by Crippen LogP contribution is -2.08. The minimum atomic E-state index is -1.41. The molecule has 22 heavy (non-hydrogen) atoms. The summed E-state index contributed by atoms with van der Waals surface area (Å²) in [5.41, 5.74) is 0.443. The fourth-order valence-electron chi connectivity index (χ4n) is 1.89. The van der Waals surface area contributed by atoms with Crippen LogP contribution in [0.2, 0.25) is 5.02 Å². The van der Waals surface area contributed by atoms with E-state index in [0.29, 0.717) is 20.0 Å². The summed E-state index contributed by atoms with van der Waals surface area (Å²) >= 11 is 9.03. The van der Waals surface area contributed by atoms with Gasteiger partial charge in [0.05, 0.1) is 28.1 Å². The monoisotopic (exact) mass is 402 g/mol. The van der Waals surface area contributed by atoms with Crippen LogP contribution in [-0.2, 0) is 21.3 Å². The Bertz CT molecular complexity index is 748. The number of phenols is 1. The molecule has 0 spiro atoms. The number of hydrogen-bond acceptors (Lipinski definition) is 4. The van der Waals surface area contributed by atoms with Gasteiger partial charge in [0, 0.05) is 9.92 Å². The van der Waals surface area contributed by atoms with Crippen molar-refractivity contribution >= 4 is 44.3 Å². The molecule has 2 aromatic carbocycles. The predicted octanol–water partition coefficient (Wildman–Crippen LogP) is 3.90. The maximum absolute atomic E-state index is 12.4. The molecule has 0 aliphatic carbocycles. The van der Waals surface area contributed by atoms with Crippen LogP contribution in [0.4, 0.5) is 0 Å². The summed E-state index contributed by atoms with van der Waals surface area (Å²) in [6.07, 6.45) is 0. The zero-order chi connectivity index (χ0) is 16.3. The fourth-order valence-corrected chi connectivity index (χ4v) is 3.65. The molecule has 0 saturated heterocycles. The normalized spacial score (nSPS) is 12.0. The van der Waals surface area contributed by atoms with Crippen molar-refractivity contribution in [2.24, 2.45) is 0 Å². The summed E-state index contributed by atoms with van der Waals surface area (Å²) < 4.78 is 17.5. The second kappa shape index (κ2) is 7.26. The van der Waals surface area contributed by atoms with E-state index in [0.717, 1.165) is 0 Å². The van der Waals surface area contributed by atoms with Gasteiger partial charge in [-0.1, -0.05) is 23.7 Å². The second-order valence-electron chi connectivity index (χ2n) is 4.37. The third-order valence-corrected chi connectivity index (χ3v) is 5.18. The molecule has 1 unspecified atom stereocenters. The summed E-state index contributed by atoms with van der Waals surface area (Å²) in [4.78, 5) is 12.4. The Morgan fingerprint density at radius 2 is 2.09 bits per heavy atom. The van der Waals surface area contributed by atoms with Crippen molar-refractivity contribution in [1.29, 1.82) is 0 Å². The van der Waals surface area contributed by atoms with E-state index in [2.05, 4.69) is 20.7 Å². The van der Waals surface area contributed by atoms with Crippen molar-refractivity contribution < 1.29 is 18.8 Å². The summed E-state index contributed by atoms with van der Waals surface area (Å²) in [7, 11) is -0.184. The number of phenolic OH excluding ortho intramolecular Hbond substituents is 1. The summed E-state index contributed by atoms with van der Waals surface area (Å²) in [6.45, 7) is 0. The highest BCUT2D eigenvalue weighted by atomic mass is 79.9. The van der Waals surface area contributed by atoms with Crippen molar-refractivity contribution in [2.45, 2.75) is 10.6 Å². The van der Waals surface area contributed by atoms with E-state index in [-0.39, 0.29) is 17.1 Å². The summed E-state index contributed by atoms with van der Waals surface area (Å²) in [5.74, 6) is -0.852. The minimum Gasteiger partial charge on any atom is -0.506 e. The molecular weight excluding hydrogens is 392 g/mol. The van der Waals surface area contributed by atoms with Gasteiger partial charge in [-0.3, -0.25) is 4.21 Å². The number of carbonyl (C=O) groups is 1. The lowest BCUT2D eigenvalue weighted by Gasteiger charge is -2.11. The van der Waals surface area contributed by atoms with Crippen LogP contribution in [0, 0.1) is 0 Å².